The van der Waals surface area contributed by atoms with Gasteiger partial charge in [-0.25, -0.2) is 0 Å². The lowest BCUT2D eigenvalue weighted by molar-refractivity contribution is -0.152. The van der Waals surface area contributed by atoms with Gasteiger partial charge in [-0.05, 0) is 50.3 Å². The molecule has 0 bridgehead atoms. The van der Waals surface area contributed by atoms with Crippen molar-refractivity contribution in [2.75, 3.05) is 6.79 Å². The lowest BCUT2D eigenvalue weighted by atomic mass is 9.78. The molecule has 0 radical (unpaired) electrons. The number of ether oxygens (including phenoxy) is 2. The minimum atomic E-state index is -1.54. The first kappa shape index (κ1) is 26.1. The summed E-state index contributed by atoms with van der Waals surface area (Å²) in [5, 5.41) is 3.38. The minimum Gasteiger partial charge on any atom is -0.454 e. The van der Waals surface area contributed by atoms with E-state index in [-0.39, 0.29) is 31.2 Å². The van der Waals surface area contributed by atoms with Crippen LogP contribution in [0.3, 0.4) is 0 Å². The van der Waals surface area contributed by atoms with Crippen molar-refractivity contribution in [3.63, 3.8) is 0 Å². The number of hydrogen-bond acceptors (Lipinski definition) is 7. The number of carbonyl (C=O) groups is 4. The number of rotatable bonds is 10. The van der Waals surface area contributed by atoms with Crippen LogP contribution >= 0.6 is 0 Å². The van der Waals surface area contributed by atoms with Gasteiger partial charge < -0.3 is 20.5 Å². The Balaban J connectivity index is 1.69. The first-order valence-electron chi connectivity index (χ1n) is 13.3. The van der Waals surface area contributed by atoms with Crippen molar-refractivity contribution in [2.45, 2.75) is 102 Å². The Labute approximate surface area is 212 Å². The van der Waals surface area contributed by atoms with Crippen LogP contribution in [-0.4, -0.2) is 52.8 Å². The van der Waals surface area contributed by atoms with E-state index in [2.05, 4.69) is 5.32 Å². The quantitative estimate of drug-likeness (QED) is 0.473. The maximum atomic E-state index is 13.9. The fraction of sp³-hybridized carbons (Fsp3) is 0.630. The third-order valence-electron chi connectivity index (χ3n) is 7.76. The normalized spacial score (nSPS) is 19.6. The minimum absolute atomic E-state index is 0.0330. The topological polar surface area (TPSA) is 128 Å². The van der Waals surface area contributed by atoms with Gasteiger partial charge in [0, 0.05) is 11.6 Å². The van der Waals surface area contributed by atoms with Crippen LogP contribution in [0.5, 0.6) is 11.5 Å². The van der Waals surface area contributed by atoms with Crippen LogP contribution in [0.25, 0.3) is 0 Å². The van der Waals surface area contributed by atoms with Crippen molar-refractivity contribution in [1.82, 2.24) is 10.2 Å². The number of nitrogens with zero attached hydrogens (tertiary/aromatic N) is 1. The van der Waals surface area contributed by atoms with Gasteiger partial charge in [-0.15, -0.1) is 0 Å². The molecule has 2 aliphatic carbocycles. The second kappa shape index (κ2) is 11.4. The maximum Gasteiger partial charge on any atom is 0.299 e. The number of ketones is 1. The highest BCUT2D eigenvalue weighted by molar-refractivity contribution is 6.41. The standard InChI is InChI=1S/C27H37N3O6/c1-2-3-11-20(29-19-9-5-6-10-19)23(31)25(33)30(27(26(28)34)14-7-4-8-15-27)24(32)18-12-13-21-22(16-18)36-17-35-21/h12-13,16,19-20,29H,2-11,14-15,17H2,1H3,(H2,28,34)/t20-/m0/s1. The van der Waals surface area contributed by atoms with E-state index in [0.29, 0.717) is 30.8 Å². The fourth-order valence-corrected chi connectivity index (χ4v) is 5.69. The van der Waals surface area contributed by atoms with Crippen molar-refractivity contribution in [3.8, 4) is 11.5 Å². The number of hydrogen-bond donors (Lipinski definition) is 2. The summed E-state index contributed by atoms with van der Waals surface area (Å²) >= 11 is 0. The molecule has 0 saturated heterocycles. The molecule has 9 heteroatoms. The predicted molar refractivity (Wildman–Crippen MR) is 132 cm³/mol. The summed E-state index contributed by atoms with van der Waals surface area (Å²) in [5.74, 6) is -2.27. The molecule has 9 nitrogen and oxygen atoms in total. The highest BCUT2D eigenvalue weighted by Crippen LogP contribution is 2.37. The summed E-state index contributed by atoms with van der Waals surface area (Å²) in [6, 6.07) is 4.05. The molecule has 196 valence electrons. The van der Waals surface area contributed by atoms with Gasteiger partial charge >= 0.3 is 0 Å². The molecule has 1 aromatic rings. The van der Waals surface area contributed by atoms with Crippen LogP contribution in [0.2, 0.25) is 0 Å². The third-order valence-corrected chi connectivity index (χ3v) is 7.76. The van der Waals surface area contributed by atoms with Gasteiger partial charge in [0.1, 0.15) is 5.54 Å². The molecule has 36 heavy (non-hydrogen) atoms. The average molecular weight is 500 g/mol. The molecular formula is C27H37N3O6. The molecule has 1 atom stereocenters. The first-order chi connectivity index (χ1) is 17.4. The molecule has 3 amide bonds. The van der Waals surface area contributed by atoms with Crippen molar-refractivity contribution in [2.24, 2.45) is 5.73 Å². The number of fused-ring (bicyclic) bond motifs is 1. The average Bonchev–Trinajstić information content (AvgIpc) is 3.58. The zero-order valence-corrected chi connectivity index (χ0v) is 21.1. The second-order valence-electron chi connectivity index (χ2n) is 10.2. The van der Waals surface area contributed by atoms with Crippen molar-refractivity contribution < 1.29 is 28.7 Å². The van der Waals surface area contributed by atoms with Crippen LogP contribution in [0.15, 0.2) is 18.2 Å². The van der Waals surface area contributed by atoms with Crippen LogP contribution in [-0.2, 0) is 14.4 Å². The van der Waals surface area contributed by atoms with Gasteiger partial charge in [-0.1, -0.05) is 51.9 Å². The van der Waals surface area contributed by atoms with E-state index in [0.717, 1.165) is 49.8 Å². The Morgan fingerprint density at radius 1 is 1.06 bits per heavy atom. The van der Waals surface area contributed by atoms with Crippen LogP contribution in [0, 0.1) is 0 Å². The summed E-state index contributed by atoms with van der Waals surface area (Å²) in [7, 11) is 0. The summed E-state index contributed by atoms with van der Waals surface area (Å²) in [6.45, 7) is 2.06. The number of Topliss-reactive ketones (excluding diaryl/α,β-unsaturated/α-hetero) is 1. The van der Waals surface area contributed by atoms with Gasteiger partial charge in [0.25, 0.3) is 11.8 Å². The lowest BCUT2D eigenvalue weighted by Gasteiger charge is -2.42. The molecule has 2 saturated carbocycles. The first-order valence-corrected chi connectivity index (χ1v) is 13.3. The predicted octanol–water partition coefficient (Wildman–Crippen LogP) is 3.23. The Kier molecular flexibility index (Phi) is 8.28. The zero-order chi connectivity index (χ0) is 25.7. The number of carbonyl (C=O) groups excluding carboxylic acids is 4. The Morgan fingerprint density at radius 2 is 1.75 bits per heavy atom. The van der Waals surface area contributed by atoms with Crippen molar-refractivity contribution in [1.29, 1.82) is 0 Å². The maximum absolute atomic E-state index is 13.9. The van der Waals surface area contributed by atoms with Crippen LogP contribution in [0.4, 0.5) is 0 Å². The second-order valence-corrected chi connectivity index (χ2v) is 10.2. The van der Waals surface area contributed by atoms with E-state index in [1.807, 2.05) is 6.92 Å². The highest BCUT2D eigenvalue weighted by Gasteiger charge is 2.51. The number of amides is 3. The molecule has 0 unspecified atom stereocenters. The van der Waals surface area contributed by atoms with Crippen LogP contribution in [0.1, 0.15) is 94.3 Å². The smallest absolute Gasteiger partial charge is 0.299 e. The van der Waals surface area contributed by atoms with E-state index in [4.69, 9.17) is 15.2 Å². The fourth-order valence-electron chi connectivity index (χ4n) is 5.69. The summed E-state index contributed by atoms with van der Waals surface area (Å²) in [6.07, 6.45) is 8.82. The summed E-state index contributed by atoms with van der Waals surface area (Å²) < 4.78 is 10.7. The number of nitrogens with two attached hydrogens (primary N) is 1. The summed E-state index contributed by atoms with van der Waals surface area (Å²) in [4.78, 5) is 55.3. The van der Waals surface area contributed by atoms with Gasteiger partial charge in [0.2, 0.25) is 18.5 Å². The number of imide groups is 1. The van der Waals surface area contributed by atoms with E-state index < -0.39 is 35.1 Å². The largest absolute Gasteiger partial charge is 0.454 e. The monoisotopic (exact) mass is 499 g/mol. The molecule has 3 N–H and O–H groups in total. The van der Waals surface area contributed by atoms with E-state index in [9.17, 15) is 19.2 Å². The Hall–Kier alpha value is -2.94. The van der Waals surface area contributed by atoms with E-state index in [1.54, 1.807) is 6.07 Å². The van der Waals surface area contributed by atoms with Gasteiger partial charge in [0.05, 0.1) is 6.04 Å². The van der Waals surface area contributed by atoms with Crippen LogP contribution < -0.4 is 20.5 Å². The molecule has 4 rings (SSSR count). The molecule has 0 spiro atoms. The molecule has 0 aromatic heterocycles. The molecule has 1 aromatic carbocycles. The highest BCUT2D eigenvalue weighted by atomic mass is 16.7. The Bertz CT molecular complexity index is 997. The number of benzene rings is 1. The number of primary amides is 1. The molecular weight excluding hydrogens is 462 g/mol. The SMILES string of the molecule is CCCC[C@H](NC1CCCC1)C(=O)C(=O)N(C(=O)c1ccc2c(c1)OCO2)C1(C(N)=O)CCCCC1. The third kappa shape index (κ3) is 5.26. The number of unbranched alkanes of at least 4 members (excludes halogenated alkanes) is 1. The van der Waals surface area contributed by atoms with Crippen molar-refractivity contribution in [3.05, 3.63) is 23.8 Å². The van der Waals surface area contributed by atoms with Gasteiger partial charge in [0.15, 0.2) is 11.5 Å². The molecule has 1 aliphatic heterocycles. The molecule has 2 fully saturated rings. The van der Waals surface area contributed by atoms with E-state index in [1.165, 1.54) is 12.1 Å². The Morgan fingerprint density at radius 3 is 2.42 bits per heavy atom. The lowest BCUT2D eigenvalue weighted by Crippen LogP contribution is -2.65. The molecule has 3 aliphatic rings. The van der Waals surface area contributed by atoms with Crippen molar-refractivity contribution >= 4 is 23.5 Å². The molecule has 1 heterocycles. The number of nitrogens with one attached hydrogen (secondary N) is 1. The summed E-state index contributed by atoms with van der Waals surface area (Å²) in [5.41, 5.74) is 4.48. The zero-order valence-electron chi connectivity index (χ0n) is 21.1. The van der Waals surface area contributed by atoms with Gasteiger partial charge in [-0.2, -0.15) is 0 Å². The van der Waals surface area contributed by atoms with E-state index >= 15 is 0 Å². The van der Waals surface area contributed by atoms with Gasteiger partial charge in [-0.3, -0.25) is 24.1 Å².